The third-order valence-electron chi connectivity index (χ3n) is 1.05. The highest BCUT2D eigenvalue weighted by Crippen LogP contribution is 2.06. The van der Waals surface area contributed by atoms with E-state index in [4.69, 9.17) is 0 Å². The van der Waals surface area contributed by atoms with Gasteiger partial charge in [0.25, 0.3) is 0 Å². The highest BCUT2D eigenvalue weighted by molar-refractivity contribution is 5.38. The first-order valence-corrected chi connectivity index (χ1v) is 3.18. The standard InChI is InChI=1S/C9H13N/c1-5-6-7-9(10-4)8(2)3/h5-7H,2,4H2,1,3H3/b6-5-,9-7+. The lowest BCUT2D eigenvalue weighted by Gasteiger charge is -1.94. The van der Waals surface area contributed by atoms with Gasteiger partial charge in [0.15, 0.2) is 0 Å². The second kappa shape index (κ2) is 4.74. The number of hydrogen-bond donors (Lipinski definition) is 0. The van der Waals surface area contributed by atoms with Crippen LogP contribution in [0.1, 0.15) is 13.8 Å². The van der Waals surface area contributed by atoms with Gasteiger partial charge < -0.3 is 0 Å². The molecule has 1 heteroatoms. The summed E-state index contributed by atoms with van der Waals surface area (Å²) in [6.07, 6.45) is 5.74. The van der Waals surface area contributed by atoms with Crippen molar-refractivity contribution in [1.82, 2.24) is 0 Å². The van der Waals surface area contributed by atoms with E-state index in [2.05, 4.69) is 18.3 Å². The molecule has 0 N–H and O–H groups in total. The highest BCUT2D eigenvalue weighted by atomic mass is 14.7. The van der Waals surface area contributed by atoms with E-state index in [1.807, 2.05) is 32.1 Å². The Morgan fingerprint density at radius 2 is 2.10 bits per heavy atom. The minimum atomic E-state index is 0.845. The lowest BCUT2D eigenvalue weighted by molar-refractivity contribution is 1.31. The molecule has 54 valence electrons. The number of nitrogens with zero attached hydrogens (tertiary/aromatic N) is 1. The molecule has 0 aromatic heterocycles. The van der Waals surface area contributed by atoms with Crippen molar-refractivity contribution >= 4 is 6.72 Å². The van der Waals surface area contributed by atoms with E-state index in [0.29, 0.717) is 0 Å². The fourth-order valence-corrected chi connectivity index (χ4v) is 0.517. The molecule has 10 heavy (non-hydrogen) atoms. The molecule has 0 radical (unpaired) electrons. The van der Waals surface area contributed by atoms with Crippen LogP contribution in [0, 0.1) is 0 Å². The summed E-state index contributed by atoms with van der Waals surface area (Å²) in [6, 6.07) is 0. The normalized spacial score (nSPS) is 12.0. The van der Waals surface area contributed by atoms with Crippen LogP contribution in [0.2, 0.25) is 0 Å². The molecule has 0 saturated heterocycles. The maximum Gasteiger partial charge on any atom is 0.0645 e. The molecular formula is C9H13N. The van der Waals surface area contributed by atoms with Gasteiger partial charge in [-0.2, -0.15) is 0 Å². The first-order chi connectivity index (χ1) is 4.72. The van der Waals surface area contributed by atoms with Crippen LogP contribution in [-0.2, 0) is 0 Å². The number of hydrogen-bond acceptors (Lipinski definition) is 1. The summed E-state index contributed by atoms with van der Waals surface area (Å²) in [5, 5.41) is 0. The Balaban J connectivity index is 4.33. The second-order valence-electron chi connectivity index (χ2n) is 2.02. The average Bonchev–Trinajstić information content (AvgIpc) is 1.89. The molecule has 0 aliphatic heterocycles. The summed E-state index contributed by atoms with van der Waals surface area (Å²) in [5.41, 5.74) is 1.78. The third kappa shape index (κ3) is 3.02. The second-order valence-corrected chi connectivity index (χ2v) is 2.02. The number of rotatable bonds is 3. The molecule has 0 aromatic carbocycles. The predicted molar refractivity (Wildman–Crippen MR) is 47.3 cm³/mol. The van der Waals surface area contributed by atoms with E-state index in [0.717, 1.165) is 11.3 Å². The number of aliphatic imine (C=N–C) groups is 1. The van der Waals surface area contributed by atoms with Gasteiger partial charge in [-0.25, -0.2) is 0 Å². The van der Waals surface area contributed by atoms with Crippen LogP contribution in [-0.4, -0.2) is 6.72 Å². The molecule has 0 heterocycles. The highest BCUT2D eigenvalue weighted by Gasteiger charge is 1.88. The smallest absolute Gasteiger partial charge is 0.0645 e. The molecule has 0 bridgehead atoms. The number of allylic oxidation sites excluding steroid dienone is 4. The minimum absolute atomic E-state index is 0.845. The summed E-state index contributed by atoms with van der Waals surface area (Å²) in [7, 11) is 0. The van der Waals surface area contributed by atoms with Crippen molar-refractivity contribution < 1.29 is 0 Å². The molecular weight excluding hydrogens is 122 g/mol. The topological polar surface area (TPSA) is 12.4 Å². The van der Waals surface area contributed by atoms with Crippen LogP contribution < -0.4 is 0 Å². The van der Waals surface area contributed by atoms with Gasteiger partial charge in [0.05, 0.1) is 5.70 Å². The van der Waals surface area contributed by atoms with Crippen molar-refractivity contribution in [3.63, 3.8) is 0 Å². The van der Waals surface area contributed by atoms with E-state index < -0.39 is 0 Å². The van der Waals surface area contributed by atoms with Crippen LogP contribution >= 0.6 is 0 Å². The minimum Gasteiger partial charge on any atom is -0.264 e. The molecule has 1 nitrogen and oxygen atoms in total. The van der Waals surface area contributed by atoms with Crippen LogP contribution in [0.25, 0.3) is 0 Å². The summed E-state index contributed by atoms with van der Waals surface area (Å²) in [6.45, 7) is 11.0. The predicted octanol–water partition coefficient (Wildman–Crippen LogP) is 2.72. The van der Waals surface area contributed by atoms with Gasteiger partial charge in [0, 0.05) is 0 Å². The van der Waals surface area contributed by atoms with Crippen molar-refractivity contribution in [1.29, 1.82) is 0 Å². The molecule has 0 amide bonds. The van der Waals surface area contributed by atoms with Gasteiger partial charge in [-0.05, 0) is 32.2 Å². The maximum atomic E-state index is 3.79. The summed E-state index contributed by atoms with van der Waals surface area (Å²) in [5.74, 6) is 0. The van der Waals surface area contributed by atoms with E-state index in [9.17, 15) is 0 Å². The lowest BCUT2D eigenvalue weighted by atomic mass is 10.2. The zero-order chi connectivity index (χ0) is 7.98. The van der Waals surface area contributed by atoms with Gasteiger partial charge in [0.1, 0.15) is 0 Å². The van der Waals surface area contributed by atoms with E-state index in [-0.39, 0.29) is 0 Å². The molecule has 0 aliphatic carbocycles. The SMILES string of the molecule is C=N/C(=C/C=C\C)C(=C)C. The van der Waals surface area contributed by atoms with E-state index >= 15 is 0 Å². The zero-order valence-electron chi connectivity index (χ0n) is 6.59. The Morgan fingerprint density at radius 3 is 2.40 bits per heavy atom. The molecule has 0 fully saturated rings. The Labute approximate surface area is 62.5 Å². The van der Waals surface area contributed by atoms with Crippen LogP contribution in [0.15, 0.2) is 41.1 Å². The van der Waals surface area contributed by atoms with Crippen molar-refractivity contribution in [3.8, 4) is 0 Å². The lowest BCUT2D eigenvalue weighted by Crippen LogP contribution is -1.75. The molecule has 0 aromatic rings. The van der Waals surface area contributed by atoms with Gasteiger partial charge in [-0.1, -0.05) is 18.7 Å². The molecule has 0 unspecified atom stereocenters. The first-order valence-electron chi connectivity index (χ1n) is 3.18. The third-order valence-corrected chi connectivity index (χ3v) is 1.05. The molecule has 0 spiro atoms. The molecule has 0 aliphatic rings. The maximum absolute atomic E-state index is 3.79. The van der Waals surface area contributed by atoms with Crippen LogP contribution in [0.5, 0.6) is 0 Å². The largest absolute Gasteiger partial charge is 0.264 e. The van der Waals surface area contributed by atoms with Crippen molar-refractivity contribution in [2.75, 3.05) is 0 Å². The zero-order valence-corrected chi connectivity index (χ0v) is 6.59. The Kier molecular flexibility index (Phi) is 4.21. The van der Waals surface area contributed by atoms with Crippen molar-refractivity contribution in [2.45, 2.75) is 13.8 Å². The van der Waals surface area contributed by atoms with Gasteiger partial charge in [-0.15, -0.1) is 0 Å². The van der Waals surface area contributed by atoms with Crippen molar-refractivity contribution in [2.24, 2.45) is 4.99 Å². The molecule has 0 atom stereocenters. The Hall–Kier alpha value is -1.11. The Bertz CT molecular complexity index is 185. The fourth-order valence-electron chi connectivity index (χ4n) is 0.517. The Morgan fingerprint density at radius 1 is 1.50 bits per heavy atom. The summed E-state index contributed by atoms with van der Waals surface area (Å²) < 4.78 is 0. The molecule has 0 rings (SSSR count). The van der Waals surface area contributed by atoms with Gasteiger partial charge >= 0.3 is 0 Å². The monoisotopic (exact) mass is 135 g/mol. The van der Waals surface area contributed by atoms with E-state index in [1.54, 1.807) is 0 Å². The average molecular weight is 135 g/mol. The van der Waals surface area contributed by atoms with Crippen LogP contribution in [0.4, 0.5) is 0 Å². The fraction of sp³-hybridized carbons (Fsp3) is 0.222. The summed E-state index contributed by atoms with van der Waals surface area (Å²) >= 11 is 0. The van der Waals surface area contributed by atoms with Gasteiger partial charge in [0.2, 0.25) is 0 Å². The van der Waals surface area contributed by atoms with Crippen LogP contribution in [0.3, 0.4) is 0 Å². The van der Waals surface area contributed by atoms with Gasteiger partial charge in [-0.3, -0.25) is 4.99 Å². The summed E-state index contributed by atoms with van der Waals surface area (Å²) in [4.78, 5) is 3.79. The first kappa shape index (κ1) is 8.89. The van der Waals surface area contributed by atoms with Crippen molar-refractivity contribution in [3.05, 3.63) is 36.1 Å². The molecule has 0 saturated carbocycles. The van der Waals surface area contributed by atoms with E-state index in [1.165, 1.54) is 0 Å². The quantitative estimate of drug-likeness (QED) is 0.417.